The Labute approximate surface area is 109 Å². The third-order valence-electron chi connectivity index (χ3n) is 3.61. The van der Waals surface area contributed by atoms with Crippen LogP contribution in [0.5, 0.6) is 0 Å². The van der Waals surface area contributed by atoms with Gasteiger partial charge in [0.2, 0.25) is 0 Å². The van der Waals surface area contributed by atoms with Gasteiger partial charge in [0.15, 0.2) is 0 Å². The predicted molar refractivity (Wildman–Crippen MR) is 77.3 cm³/mol. The fraction of sp³-hybridized carbons (Fsp3) is 1.00. The van der Waals surface area contributed by atoms with Crippen LogP contribution in [-0.2, 0) is 0 Å². The van der Waals surface area contributed by atoms with Crippen molar-refractivity contribution in [2.24, 2.45) is 5.92 Å². The molecule has 0 aliphatic rings. The second-order valence-electron chi connectivity index (χ2n) is 5.61. The van der Waals surface area contributed by atoms with Gasteiger partial charge in [-0.1, -0.05) is 84.5 Å². The maximum atomic E-state index is 8.90. The minimum atomic E-state index is 0.359. The molecule has 0 aromatic heterocycles. The molecule has 0 amide bonds. The summed E-state index contributed by atoms with van der Waals surface area (Å²) in [5.74, 6) is 0.508. The SMILES string of the molecule is CCCCCCCCCCCCC[C@H](C)CO. The number of hydrogen-bond donors (Lipinski definition) is 1. The van der Waals surface area contributed by atoms with Gasteiger partial charge in [-0.05, 0) is 12.3 Å². The Hall–Kier alpha value is -0.0400. The lowest BCUT2D eigenvalue weighted by atomic mass is 10.0. The molecule has 0 saturated heterocycles. The van der Waals surface area contributed by atoms with Crippen LogP contribution in [0.3, 0.4) is 0 Å². The summed E-state index contributed by atoms with van der Waals surface area (Å²) in [6.45, 7) is 4.77. The van der Waals surface area contributed by atoms with Crippen LogP contribution in [0.15, 0.2) is 0 Å². The van der Waals surface area contributed by atoms with Gasteiger partial charge in [0.25, 0.3) is 0 Å². The van der Waals surface area contributed by atoms with E-state index < -0.39 is 0 Å². The molecule has 0 rings (SSSR count). The van der Waals surface area contributed by atoms with Crippen molar-refractivity contribution >= 4 is 0 Å². The van der Waals surface area contributed by atoms with Gasteiger partial charge >= 0.3 is 0 Å². The van der Waals surface area contributed by atoms with Gasteiger partial charge in [-0.25, -0.2) is 0 Å². The summed E-state index contributed by atoms with van der Waals surface area (Å²) >= 11 is 0. The van der Waals surface area contributed by atoms with Crippen molar-refractivity contribution in [2.75, 3.05) is 6.61 Å². The van der Waals surface area contributed by atoms with Gasteiger partial charge in [-0.15, -0.1) is 0 Å². The summed E-state index contributed by atoms with van der Waals surface area (Å²) in [6.07, 6.45) is 16.7. The zero-order valence-corrected chi connectivity index (χ0v) is 12.2. The predicted octanol–water partition coefficient (Wildman–Crippen LogP) is 5.32. The summed E-state index contributed by atoms with van der Waals surface area (Å²) in [5.41, 5.74) is 0. The molecule has 1 atom stereocenters. The minimum Gasteiger partial charge on any atom is -0.396 e. The summed E-state index contributed by atoms with van der Waals surface area (Å²) in [7, 11) is 0. The van der Waals surface area contributed by atoms with E-state index in [1.54, 1.807) is 0 Å². The molecule has 0 aromatic carbocycles. The molecular formula is C16H34O. The standard InChI is InChI=1S/C16H34O/c1-3-4-5-6-7-8-9-10-11-12-13-14-16(2)15-17/h16-17H,3-15H2,1-2H3/t16-/m0/s1. The Kier molecular flexibility index (Phi) is 14.0. The highest BCUT2D eigenvalue weighted by molar-refractivity contribution is 4.52. The fourth-order valence-electron chi connectivity index (χ4n) is 2.25. The monoisotopic (exact) mass is 242 g/mol. The molecule has 0 radical (unpaired) electrons. The van der Waals surface area contributed by atoms with Gasteiger partial charge in [0.05, 0.1) is 0 Å². The average Bonchev–Trinajstić information content (AvgIpc) is 2.35. The van der Waals surface area contributed by atoms with E-state index >= 15 is 0 Å². The van der Waals surface area contributed by atoms with Crippen LogP contribution >= 0.6 is 0 Å². The van der Waals surface area contributed by atoms with Crippen LogP contribution in [0.2, 0.25) is 0 Å². The summed E-state index contributed by atoms with van der Waals surface area (Å²) < 4.78 is 0. The number of aliphatic hydroxyl groups is 1. The molecule has 0 spiro atoms. The maximum absolute atomic E-state index is 8.90. The molecule has 1 heteroatoms. The van der Waals surface area contributed by atoms with Gasteiger partial charge in [0, 0.05) is 6.61 Å². The summed E-state index contributed by atoms with van der Waals surface area (Å²) in [6, 6.07) is 0. The third-order valence-corrected chi connectivity index (χ3v) is 3.61. The largest absolute Gasteiger partial charge is 0.396 e. The lowest BCUT2D eigenvalue weighted by Gasteiger charge is -2.06. The second-order valence-corrected chi connectivity index (χ2v) is 5.61. The van der Waals surface area contributed by atoms with E-state index in [0.717, 1.165) is 0 Å². The summed E-state index contributed by atoms with van der Waals surface area (Å²) in [5, 5.41) is 8.90. The molecular weight excluding hydrogens is 208 g/mol. The fourth-order valence-corrected chi connectivity index (χ4v) is 2.25. The topological polar surface area (TPSA) is 20.2 Å². The van der Waals surface area contributed by atoms with E-state index in [2.05, 4.69) is 13.8 Å². The van der Waals surface area contributed by atoms with E-state index in [1.807, 2.05) is 0 Å². The molecule has 0 aliphatic carbocycles. The highest BCUT2D eigenvalue weighted by Crippen LogP contribution is 2.13. The molecule has 17 heavy (non-hydrogen) atoms. The van der Waals surface area contributed by atoms with Gasteiger partial charge in [-0.2, -0.15) is 0 Å². The molecule has 1 nitrogen and oxygen atoms in total. The van der Waals surface area contributed by atoms with E-state index in [0.29, 0.717) is 12.5 Å². The van der Waals surface area contributed by atoms with Gasteiger partial charge in [-0.3, -0.25) is 0 Å². The van der Waals surface area contributed by atoms with Gasteiger partial charge < -0.3 is 5.11 Å². The van der Waals surface area contributed by atoms with Crippen LogP contribution in [0.4, 0.5) is 0 Å². The highest BCUT2D eigenvalue weighted by atomic mass is 16.3. The Morgan fingerprint density at radius 3 is 1.53 bits per heavy atom. The molecule has 1 N–H and O–H groups in total. The van der Waals surface area contributed by atoms with Crippen LogP contribution in [0, 0.1) is 5.92 Å². The Morgan fingerprint density at radius 2 is 1.12 bits per heavy atom. The molecule has 0 fully saturated rings. The van der Waals surface area contributed by atoms with Crippen molar-refractivity contribution in [1.29, 1.82) is 0 Å². The Bertz CT molecular complexity index is 133. The molecule has 104 valence electrons. The molecule has 0 aliphatic heterocycles. The van der Waals surface area contributed by atoms with E-state index in [9.17, 15) is 0 Å². The minimum absolute atomic E-state index is 0.359. The first kappa shape index (κ1) is 17.0. The first-order valence-corrected chi connectivity index (χ1v) is 7.92. The number of hydrogen-bond acceptors (Lipinski definition) is 1. The van der Waals surface area contributed by atoms with Crippen molar-refractivity contribution < 1.29 is 5.11 Å². The van der Waals surface area contributed by atoms with Crippen molar-refractivity contribution in [3.8, 4) is 0 Å². The molecule has 0 bridgehead atoms. The lowest BCUT2D eigenvalue weighted by Crippen LogP contribution is -1.99. The maximum Gasteiger partial charge on any atom is 0.0456 e. The lowest BCUT2D eigenvalue weighted by molar-refractivity contribution is 0.227. The highest BCUT2D eigenvalue weighted by Gasteiger charge is 1.99. The van der Waals surface area contributed by atoms with Crippen molar-refractivity contribution in [1.82, 2.24) is 0 Å². The van der Waals surface area contributed by atoms with E-state index in [-0.39, 0.29) is 0 Å². The quantitative estimate of drug-likeness (QED) is 0.434. The van der Waals surface area contributed by atoms with Crippen LogP contribution < -0.4 is 0 Å². The molecule has 0 unspecified atom stereocenters. The van der Waals surface area contributed by atoms with Crippen LogP contribution in [-0.4, -0.2) is 11.7 Å². The van der Waals surface area contributed by atoms with Gasteiger partial charge in [0.1, 0.15) is 0 Å². The zero-order chi connectivity index (χ0) is 12.8. The van der Waals surface area contributed by atoms with E-state index in [4.69, 9.17) is 5.11 Å². The average molecular weight is 242 g/mol. The van der Waals surface area contributed by atoms with Crippen molar-refractivity contribution in [2.45, 2.75) is 90.9 Å². The van der Waals surface area contributed by atoms with Crippen molar-refractivity contribution in [3.05, 3.63) is 0 Å². The third kappa shape index (κ3) is 13.9. The number of unbranched alkanes of at least 4 members (excludes halogenated alkanes) is 10. The number of aliphatic hydroxyl groups excluding tert-OH is 1. The number of rotatable bonds is 13. The van der Waals surface area contributed by atoms with Crippen LogP contribution in [0.1, 0.15) is 90.9 Å². The Morgan fingerprint density at radius 1 is 0.706 bits per heavy atom. The van der Waals surface area contributed by atoms with Crippen LogP contribution in [0.25, 0.3) is 0 Å². The first-order chi connectivity index (χ1) is 8.31. The molecule has 0 aromatic rings. The normalized spacial score (nSPS) is 12.9. The Balaban J connectivity index is 2.94. The molecule has 0 saturated carbocycles. The second kappa shape index (κ2) is 14.0. The first-order valence-electron chi connectivity index (χ1n) is 7.92. The summed E-state index contributed by atoms with van der Waals surface area (Å²) in [4.78, 5) is 0. The van der Waals surface area contributed by atoms with Crippen molar-refractivity contribution in [3.63, 3.8) is 0 Å². The zero-order valence-electron chi connectivity index (χ0n) is 12.2. The van der Waals surface area contributed by atoms with E-state index in [1.165, 1.54) is 77.0 Å². The molecule has 0 heterocycles. The smallest absolute Gasteiger partial charge is 0.0456 e.